The minimum Gasteiger partial charge on any atom is -0.377 e. The number of benzene rings is 1. The normalized spacial score (nSPS) is 27.8. The summed E-state index contributed by atoms with van der Waals surface area (Å²) in [5.41, 5.74) is 0.0825. The number of rotatable bonds is 4. The SMILES string of the molecule is CN1C2CCC1CC(Nc1ccc(S(N)(=O)=O)cc1[N+](=O)[O-])C2. The predicted molar refractivity (Wildman–Crippen MR) is 85.7 cm³/mol. The second-order valence-corrected chi connectivity index (χ2v) is 7.91. The third-order valence-electron chi connectivity index (χ3n) is 4.95. The lowest BCUT2D eigenvalue weighted by atomic mass is 9.97. The number of anilines is 1. The highest BCUT2D eigenvalue weighted by molar-refractivity contribution is 7.89. The van der Waals surface area contributed by atoms with Gasteiger partial charge in [0, 0.05) is 24.2 Å². The Labute approximate surface area is 134 Å². The van der Waals surface area contributed by atoms with Crippen molar-refractivity contribution >= 4 is 21.4 Å². The molecule has 2 unspecified atom stereocenters. The molecular weight excluding hydrogens is 320 g/mol. The lowest BCUT2D eigenvalue weighted by Gasteiger charge is -2.36. The Balaban J connectivity index is 1.84. The maximum absolute atomic E-state index is 11.4. The highest BCUT2D eigenvalue weighted by Gasteiger charge is 2.38. The molecule has 23 heavy (non-hydrogen) atoms. The van der Waals surface area contributed by atoms with E-state index in [1.54, 1.807) is 0 Å². The van der Waals surface area contributed by atoms with E-state index in [4.69, 9.17) is 5.14 Å². The van der Waals surface area contributed by atoms with Gasteiger partial charge in [0.15, 0.2) is 0 Å². The summed E-state index contributed by atoms with van der Waals surface area (Å²) >= 11 is 0. The Morgan fingerprint density at radius 2 is 1.91 bits per heavy atom. The Kier molecular flexibility index (Phi) is 4.03. The van der Waals surface area contributed by atoms with Gasteiger partial charge in [0.25, 0.3) is 5.69 Å². The molecule has 9 heteroatoms. The zero-order valence-electron chi connectivity index (χ0n) is 12.8. The highest BCUT2D eigenvalue weighted by atomic mass is 32.2. The zero-order valence-corrected chi connectivity index (χ0v) is 13.6. The largest absolute Gasteiger partial charge is 0.377 e. The van der Waals surface area contributed by atoms with Gasteiger partial charge in [-0.05, 0) is 44.9 Å². The fraction of sp³-hybridized carbons (Fsp3) is 0.571. The lowest BCUT2D eigenvalue weighted by molar-refractivity contribution is -0.384. The molecule has 2 aliphatic rings. The van der Waals surface area contributed by atoms with E-state index >= 15 is 0 Å². The van der Waals surface area contributed by atoms with Crippen molar-refractivity contribution < 1.29 is 13.3 Å². The van der Waals surface area contributed by atoms with Gasteiger partial charge in [0.1, 0.15) is 5.69 Å². The molecule has 2 bridgehead atoms. The van der Waals surface area contributed by atoms with E-state index < -0.39 is 14.9 Å². The first-order valence-corrected chi connectivity index (χ1v) is 9.10. The number of piperidine rings is 1. The van der Waals surface area contributed by atoms with Gasteiger partial charge >= 0.3 is 0 Å². The van der Waals surface area contributed by atoms with Crippen LogP contribution in [0.1, 0.15) is 25.7 Å². The van der Waals surface area contributed by atoms with Gasteiger partial charge in [-0.1, -0.05) is 0 Å². The third-order valence-corrected chi connectivity index (χ3v) is 5.86. The van der Waals surface area contributed by atoms with Crippen molar-refractivity contribution in [1.82, 2.24) is 4.90 Å². The highest BCUT2D eigenvalue weighted by Crippen LogP contribution is 2.37. The maximum atomic E-state index is 11.4. The molecule has 126 valence electrons. The summed E-state index contributed by atoms with van der Waals surface area (Å²) in [6, 6.07) is 4.92. The van der Waals surface area contributed by atoms with Gasteiger partial charge in [-0.3, -0.25) is 10.1 Å². The molecule has 0 saturated carbocycles. The fourth-order valence-electron chi connectivity index (χ4n) is 3.71. The average molecular weight is 340 g/mol. The van der Waals surface area contributed by atoms with E-state index in [-0.39, 0.29) is 16.6 Å². The van der Waals surface area contributed by atoms with Gasteiger partial charge in [-0.15, -0.1) is 0 Å². The summed E-state index contributed by atoms with van der Waals surface area (Å²) in [5.74, 6) is 0. The molecule has 3 rings (SSSR count). The first-order chi connectivity index (χ1) is 10.8. The molecule has 0 radical (unpaired) electrons. The molecule has 1 aromatic carbocycles. The van der Waals surface area contributed by atoms with Crippen LogP contribution in [0.5, 0.6) is 0 Å². The number of primary sulfonamides is 1. The van der Waals surface area contributed by atoms with E-state index in [9.17, 15) is 18.5 Å². The molecule has 2 aliphatic heterocycles. The first kappa shape index (κ1) is 16.2. The van der Waals surface area contributed by atoms with Gasteiger partial charge in [0.05, 0.1) is 9.82 Å². The molecule has 0 amide bonds. The van der Waals surface area contributed by atoms with Crippen molar-refractivity contribution in [2.24, 2.45) is 5.14 Å². The van der Waals surface area contributed by atoms with Crippen LogP contribution in [-0.2, 0) is 10.0 Å². The number of nitrogens with one attached hydrogen (secondary N) is 1. The van der Waals surface area contributed by atoms with Crippen LogP contribution in [0.3, 0.4) is 0 Å². The van der Waals surface area contributed by atoms with Crippen molar-refractivity contribution in [3.8, 4) is 0 Å². The fourth-order valence-corrected chi connectivity index (χ4v) is 4.24. The Morgan fingerprint density at radius 1 is 1.30 bits per heavy atom. The summed E-state index contributed by atoms with van der Waals surface area (Å²) in [5, 5.41) is 19.5. The van der Waals surface area contributed by atoms with E-state index in [1.807, 2.05) is 0 Å². The maximum Gasteiger partial charge on any atom is 0.293 e. The third kappa shape index (κ3) is 3.17. The monoisotopic (exact) mass is 340 g/mol. The number of nitro groups is 1. The molecule has 2 fully saturated rings. The number of nitro benzene ring substituents is 1. The van der Waals surface area contributed by atoms with Crippen LogP contribution >= 0.6 is 0 Å². The Morgan fingerprint density at radius 3 is 2.43 bits per heavy atom. The quantitative estimate of drug-likeness (QED) is 0.629. The van der Waals surface area contributed by atoms with Crippen LogP contribution in [0.15, 0.2) is 23.1 Å². The summed E-state index contributed by atoms with van der Waals surface area (Å²) in [6.45, 7) is 0. The van der Waals surface area contributed by atoms with E-state index in [0.717, 1.165) is 31.7 Å². The van der Waals surface area contributed by atoms with Crippen molar-refractivity contribution in [3.05, 3.63) is 28.3 Å². The second-order valence-electron chi connectivity index (χ2n) is 6.34. The average Bonchev–Trinajstić information content (AvgIpc) is 2.69. The molecule has 2 heterocycles. The summed E-state index contributed by atoms with van der Waals surface area (Å²) in [4.78, 5) is 12.8. The number of sulfonamides is 1. The van der Waals surface area contributed by atoms with Crippen molar-refractivity contribution in [3.63, 3.8) is 0 Å². The number of nitrogens with zero attached hydrogens (tertiary/aromatic N) is 2. The van der Waals surface area contributed by atoms with Crippen LogP contribution in [0.25, 0.3) is 0 Å². The zero-order chi connectivity index (χ0) is 16.8. The summed E-state index contributed by atoms with van der Waals surface area (Å²) in [7, 11) is -1.84. The van der Waals surface area contributed by atoms with Crippen molar-refractivity contribution in [2.75, 3.05) is 12.4 Å². The Bertz CT molecular complexity index is 722. The number of fused-ring (bicyclic) bond motifs is 2. The minimum absolute atomic E-state index is 0.155. The summed E-state index contributed by atoms with van der Waals surface area (Å²) < 4.78 is 22.7. The van der Waals surface area contributed by atoms with Crippen LogP contribution in [0, 0.1) is 10.1 Å². The number of nitrogens with two attached hydrogens (primary N) is 1. The standard InChI is InChI=1S/C14H20N4O4S/c1-17-10-2-3-11(17)7-9(6-10)16-13-5-4-12(23(15,21)22)8-14(13)18(19)20/h4-5,8-11,16H,2-3,6-7H2,1H3,(H2,15,21,22). The second kappa shape index (κ2) is 5.73. The molecule has 0 spiro atoms. The first-order valence-electron chi connectivity index (χ1n) is 7.55. The van der Waals surface area contributed by atoms with E-state index in [0.29, 0.717) is 17.8 Å². The number of hydrogen-bond donors (Lipinski definition) is 2. The van der Waals surface area contributed by atoms with Gasteiger partial charge < -0.3 is 10.2 Å². The van der Waals surface area contributed by atoms with Crippen molar-refractivity contribution in [1.29, 1.82) is 0 Å². The summed E-state index contributed by atoms with van der Waals surface area (Å²) in [6.07, 6.45) is 4.18. The van der Waals surface area contributed by atoms with Gasteiger partial charge in [0.2, 0.25) is 10.0 Å². The van der Waals surface area contributed by atoms with Crippen LogP contribution < -0.4 is 10.5 Å². The molecular formula is C14H20N4O4S. The van der Waals surface area contributed by atoms with Crippen LogP contribution in [0.4, 0.5) is 11.4 Å². The molecule has 3 N–H and O–H groups in total. The molecule has 8 nitrogen and oxygen atoms in total. The van der Waals surface area contributed by atoms with E-state index in [2.05, 4.69) is 17.3 Å². The van der Waals surface area contributed by atoms with Crippen LogP contribution in [-0.4, -0.2) is 43.4 Å². The molecule has 0 aliphatic carbocycles. The topological polar surface area (TPSA) is 119 Å². The lowest BCUT2D eigenvalue weighted by Crippen LogP contribution is -2.44. The van der Waals surface area contributed by atoms with Gasteiger partial charge in [-0.25, -0.2) is 13.6 Å². The number of hydrogen-bond acceptors (Lipinski definition) is 6. The molecule has 1 aromatic rings. The molecule has 0 aromatic heterocycles. The predicted octanol–water partition coefficient (Wildman–Crippen LogP) is 1.28. The van der Waals surface area contributed by atoms with Gasteiger partial charge in [-0.2, -0.15) is 0 Å². The minimum atomic E-state index is -3.96. The smallest absolute Gasteiger partial charge is 0.293 e. The molecule has 2 atom stereocenters. The van der Waals surface area contributed by atoms with Crippen LogP contribution in [0.2, 0.25) is 0 Å². The molecule has 2 saturated heterocycles. The Hall–Kier alpha value is -1.71. The van der Waals surface area contributed by atoms with E-state index in [1.165, 1.54) is 12.1 Å². The van der Waals surface area contributed by atoms with Crippen molar-refractivity contribution in [2.45, 2.75) is 48.7 Å².